The van der Waals surface area contributed by atoms with E-state index in [0.29, 0.717) is 12.1 Å². The molecule has 1 aromatic heterocycles. The van der Waals surface area contributed by atoms with Crippen molar-refractivity contribution >= 4 is 40.0 Å². The van der Waals surface area contributed by atoms with E-state index >= 15 is 0 Å². The Morgan fingerprint density at radius 3 is 2.19 bits per heavy atom. The van der Waals surface area contributed by atoms with Gasteiger partial charge in [-0.2, -0.15) is 17.9 Å². The molecular weight excluding hydrogens is 415 g/mol. The molecule has 0 bridgehead atoms. The van der Waals surface area contributed by atoms with Crippen molar-refractivity contribution in [1.29, 1.82) is 0 Å². The van der Waals surface area contributed by atoms with Crippen LogP contribution in [0.15, 0.2) is 36.4 Å². The number of fused-ring (bicyclic) bond motifs is 1. The molecule has 0 unspecified atom stereocenters. The van der Waals surface area contributed by atoms with Crippen molar-refractivity contribution in [2.45, 2.75) is 6.18 Å². The fourth-order valence-electron chi connectivity index (χ4n) is 2.49. The van der Waals surface area contributed by atoms with Gasteiger partial charge >= 0.3 is 17.6 Å². The third kappa shape index (κ3) is 3.24. The maximum Gasteiger partial charge on any atom is 0.486 e. The van der Waals surface area contributed by atoms with Crippen molar-refractivity contribution in [2.24, 2.45) is 0 Å². The average molecular weight is 421 g/mol. The summed E-state index contributed by atoms with van der Waals surface area (Å²) in [7, 11) is 0. The van der Waals surface area contributed by atoms with Gasteiger partial charge in [-0.05, 0) is 24.3 Å². The maximum absolute atomic E-state index is 13.5. The van der Waals surface area contributed by atoms with Crippen LogP contribution in [0, 0.1) is 16.2 Å². The van der Waals surface area contributed by atoms with Crippen molar-refractivity contribution < 1.29 is 31.8 Å². The number of hydrogen-bond donors (Lipinski definition) is 0. The summed E-state index contributed by atoms with van der Waals surface area (Å²) in [6.45, 7) is 0. The minimum Gasteiger partial charge on any atom is -0.618 e. The fourth-order valence-corrected chi connectivity index (χ4v) is 2.79. The highest BCUT2D eigenvalue weighted by Gasteiger charge is 2.51. The number of aromatic nitrogens is 2. The molecule has 2 aromatic carbocycles. The molecule has 0 amide bonds. The summed E-state index contributed by atoms with van der Waals surface area (Å²) in [5.74, 6) is -2.40. The van der Waals surface area contributed by atoms with Gasteiger partial charge in [0.05, 0.1) is 16.1 Å². The van der Waals surface area contributed by atoms with Gasteiger partial charge < -0.3 is 10.4 Å². The molecule has 0 atom stereocenters. The number of halogens is 6. The van der Waals surface area contributed by atoms with Crippen LogP contribution in [0.5, 0.6) is 0 Å². The van der Waals surface area contributed by atoms with Crippen LogP contribution in [0.4, 0.5) is 17.6 Å². The van der Waals surface area contributed by atoms with Gasteiger partial charge in [-0.15, -0.1) is 4.73 Å². The van der Waals surface area contributed by atoms with Gasteiger partial charge in [0.25, 0.3) is 16.8 Å². The smallest absolute Gasteiger partial charge is 0.486 e. The van der Waals surface area contributed by atoms with E-state index in [4.69, 9.17) is 23.2 Å². The summed E-state index contributed by atoms with van der Waals surface area (Å²) in [5.41, 5.74) is -5.41. The molecule has 0 aliphatic carbocycles. The van der Waals surface area contributed by atoms with Crippen molar-refractivity contribution in [1.82, 2.24) is 0 Å². The lowest BCUT2D eigenvalue weighted by molar-refractivity contribution is -0.647. The molecular formula is C16H6Cl2F4N2O3. The van der Waals surface area contributed by atoms with Crippen LogP contribution in [0.3, 0.4) is 0 Å². The molecule has 0 spiro atoms. The summed E-state index contributed by atoms with van der Waals surface area (Å²) in [6.07, 6.45) is -5.34. The molecule has 27 heavy (non-hydrogen) atoms. The zero-order chi connectivity index (χ0) is 20.1. The molecule has 3 aromatic rings. The van der Waals surface area contributed by atoms with E-state index in [9.17, 15) is 32.8 Å². The van der Waals surface area contributed by atoms with E-state index in [-0.39, 0.29) is 10.0 Å². The number of rotatable bonds is 2. The first-order valence-electron chi connectivity index (χ1n) is 7.07. The molecule has 0 radical (unpaired) electrons. The minimum atomic E-state index is -5.34. The molecule has 3 rings (SSSR count). The molecule has 0 aliphatic rings. The predicted molar refractivity (Wildman–Crippen MR) is 86.7 cm³/mol. The minimum absolute atomic E-state index is 0.0266. The SMILES string of the molecule is O=C(c1ccc(Cl)c(Cl)c1)c1c(C(F)(F)F)[n+]([O-])c2ccc(F)cc2[n+]1[O-]. The lowest BCUT2D eigenvalue weighted by Crippen LogP contribution is -2.50. The molecule has 0 aliphatic heterocycles. The van der Waals surface area contributed by atoms with E-state index in [1.165, 1.54) is 0 Å². The van der Waals surface area contributed by atoms with Gasteiger partial charge in [0, 0.05) is 11.6 Å². The topological polar surface area (TPSA) is 71.0 Å². The number of ketones is 1. The highest BCUT2D eigenvalue weighted by atomic mass is 35.5. The largest absolute Gasteiger partial charge is 0.618 e. The third-order valence-corrected chi connectivity index (χ3v) is 4.41. The number of alkyl halides is 3. The average Bonchev–Trinajstić information content (AvgIpc) is 2.58. The number of hydrogen-bond acceptors (Lipinski definition) is 3. The van der Waals surface area contributed by atoms with Crippen LogP contribution in [-0.4, -0.2) is 5.78 Å². The maximum atomic E-state index is 13.5. The van der Waals surface area contributed by atoms with Crippen LogP contribution < -0.4 is 9.46 Å². The van der Waals surface area contributed by atoms with E-state index in [2.05, 4.69) is 0 Å². The Morgan fingerprint density at radius 1 is 0.926 bits per heavy atom. The highest BCUT2D eigenvalue weighted by Crippen LogP contribution is 2.31. The molecule has 0 N–H and O–H groups in total. The standard InChI is InChI=1S/C16H6Cl2F4N2O3/c17-9-3-1-7(5-10(9)18)14(25)13-15(16(20,21)22)24(27)11-4-2-8(19)6-12(11)23(13)26/h1-6H. The Labute approximate surface area is 158 Å². The van der Waals surface area contributed by atoms with E-state index < -0.39 is 55.2 Å². The van der Waals surface area contributed by atoms with Gasteiger partial charge in [0.15, 0.2) is 0 Å². The summed E-state index contributed by atoms with van der Waals surface area (Å²) in [5, 5.41) is 24.6. The lowest BCUT2D eigenvalue weighted by Gasteiger charge is -2.14. The van der Waals surface area contributed by atoms with Gasteiger partial charge in [-0.3, -0.25) is 4.79 Å². The second kappa shape index (κ2) is 6.50. The highest BCUT2D eigenvalue weighted by molar-refractivity contribution is 6.42. The Bertz CT molecular complexity index is 1100. The van der Waals surface area contributed by atoms with E-state index in [1.54, 1.807) is 0 Å². The molecule has 0 fully saturated rings. The van der Waals surface area contributed by atoms with Crippen molar-refractivity contribution in [3.63, 3.8) is 0 Å². The van der Waals surface area contributed by atoms with Crippen LogP contribution in [-0.2, 0) is 6.18 Å². The van der Waals surface area contributed by atoms with Crippen LogP contribution >= 0.6 is 23.2 Å². The summed E-state index contributed by atoms with van der Waals surface area (Å²) in [6, 6.07) is 5.14. The second-order valence-electron chi connectivity index (χ2n) is 5.37. The summed E-state index contributed by atoms with van der Waals surface area (Å²) in [4.78, 5) is 12.6. The fraction of sp³-hybridized carbons (Fsp3) is 0.0625. The zero-order valence-electron chi connectivity index (χ0n) is 12.9. The first kappa shape index (κ1) is 19.1. The normalized spacial score (nSPS) is 11.8. The first-order valence-corrected chi connectivity index (χ1v) is 7.83. The summed E-state index contributed by atoms with van der Waals surface area (Å²) >= 11 is 11.5. The van der Waals surface area contributed by atoms with E-state index in [1.807, 2.05) is 0 Å². The molecule has 140 valence electrons. The van der Waals surface area contributed by atoms with Gasteiger partial charge in [-0.1, -0.05) is 23.2 Å². The molecule has 11 heteroatoms. The van der Waals surface area contributed by atoms with Crippen LogP contribution in [0.1, 0.15) is 21.7 Å². The monoisotopic (exact) mass is 420 g/mol. The Kier molecular flexibility index (Phi) is 4.61. The van der Waals surface area contributed by atoms with Crippen LogP contribution in [0.2, 0.25) is 10.0 Å². The predicted octanol–water partition coefficient (Wildman–Crippen LogP) is 3.80. The van der Waals surface area contributed by atoms with Gasteiger partial charge in [0.1, 0.15) is 5.82 Å². The summed E-state index contributed by atoms with van der Waals surface area (Å²) < 4.78 is 52.8. The van der Waals surface area contributed by atoms with Crippen molar-refractivity contribution in [3.05, 3.63) is 79.6 Å². The third-order valence-electron chi connectivity index (χ3n) is 3.67. The van der Waals surface area contributed by atoms with Gasteiger partial charge in [-0.25, -0.2) is 4.39 Å². The second-order valence-corrected chi connectivity index (χ2v) is 6.19. The number of carbonyl (C=O) groups is 1. The number of carbonyl (C=O) groups excluding carboxylic acids is 1. The number of nitrogens with zero attached hydrogens (tertiary/aromatic N) is 2. The van der Waals surface area contributed by atoms with Crippen molar-refractivity contribution in [3.8, 4) is 0 Å². The number of benzene rings is 2. The van der Waals surface area contributed by atoms with Crippen molar-refractivity contribution in [2.75, 3.05) is 0 Å². The Morgan fingerprint density at radius 2 is 1.59 bits per heavy atom. The van der Waals surface area contributed by atoms with Crippen LogP contribution in [0.25, 0.3) is 11.0 Å². The molecule has 0 saturated carbocycles. The van der Waals surface area contributed by atoms with Gasteiger partial charge in [0.2, 0.25) is 0 Å². The Hall–Kier alpha value is -2.65. The molecule has 0 saturated heterocycles. The molecule has 1 heterocycles. The zero-order valence-corrected chi connectivity index (χ0v) is 14.4. The lowest BCUT2D eigenvalue weighted by atomic mass is 10.1. The quantitative estimate of drug-likeness (QED) is 0.274. The Balaban J connectivity index is 2.41. The molecule has 5 nitrogen and oxygen atoms in total. The van der Waals surface area contributed by atoms with E-state index in [0.717, 1.165) is 24.3 Å². The first-order chi connectivity index (χ1) is 12.5.